The SMILES string of the molecule is Cc1cc(CNc2ccccc2)c(F)cc1F. The number of aryl methyl sites for hydroxylation is 1. The van der Waals surface area contributed by atoms with Crippen molar-refractivity contribution in [2.75, 3.05) is 5.32 Å². The van der Waals surface area contributed by atoms with Crippen molar-refractivity contribution in [1.82, 2.24) is 0 Å². The fourth-order valence-electron chi connectivity index (χ4n) is 1.61. The first kappa shape index (κ1) is 11.6. The van der Waals surface area contributed by atoms with Gasteiger partial charge in [0.1, 0.15) is 11.6 Å². The van der Waals surface area contributed by atoms with E-state index in [0.29, 0.717) is 17.7 Å². The van der Waals surface area contributed by atoms with E-state index in [2.05, 4.69) is 5.32 Å². The van der Waals surface area contributed by atoms with Crippen molar-refractivity contribution in [3.63, 3.8) is 0 Å². The van der Waals surface area contributed by atoms with E-state index >= 15 is 0 Å². The summed E-state index contributed by atoms with van der Waals surface area (Å²) in [7, 11) is 0. The Hall–Kier alpha value is -1.90. The number of rotatable bonds is 3. The highest BCUT2D eigenvalue weighted by molar-refractivity contribution is 5.43. The fraction of sp³-hybridized carbons (Fsp3) is 0.143. The van der Waals surface area contributed by atoms with Crippen LogP contribution in [-0.4, -0.2) is 0 Å². The number of hydrogen-bond donors (Lipinski definition) is 1. The molecule has 0 aliphatic rings. The molecule has 0 amide bonds. The molecule has 2 aromatic rings. The Labute approximate surface area is 99.1 Å². The molecular formula is C14H13F2N. The quantitative estimate of drug-likeness (QED) is 0.848. The maximum Gasteiger partial charge on any atom is 0.131 e. The number of para-hydroxylation sites is 1. The lowest BCUT2D eigenvalue weighted by molar-refractivity contribution is 0.568. The zero-order valence-corrected chi connectivity index (χ0v) is 9.50. The molecule has 0 fully saturated rings. The van der Waals surface area contributed by atoms with Gasteiger partial charge in [-0.25, -0.2) is 8.78 Å². The third kappa shape index (κ3) is 2.81. The van der Waals surface area contributed by atoms with Gasteiger partial charge in [-0.1, -0.05) is 18.2 Å². The van der Waals surface area contributed by atoms with E-state index in [1.165, 1.54) is 6.07 Å². The van der Waals surface area contributed by atoms with Crippen LogP contribution in [0.4, 0.5) is 14.5 Å². The van der Waals surface area contributed by atoms with Gasteiger partial charge in [-0.05, 0) is 30.7 Å². The fourth-order valence-corrected chi connectivity index (χ4v) is 1.61. The van der Waals surface area contributed by atoms with E-state index in [1.807, 2.05) is 30.3 Å². The summed E-state index contributed by atoms with van der Waals surface area (Å²) in [5, 5.41) is 3.09. The van der Waals surface area contributed by atoms with Gasteiger partial charge in [0.2, 0.25) is 0 Å². The Balaban J connectivity index is 2.12. The van der Waals surface area contributed by atoms with Crippen LogP contribution in [-0.2, 0) is 6.54 Å². The van der Waals surface area contributed by atoms with E-state index in [9.17, 15) is 8.78 Å². The molecule has 0 bridgehead atoms. The Morgan fingerprint density at radius 2 is 1.71 bits per heavy atom. The molecule has 88 valence electrons. The summed E-state index contributed by atoms with van der Waals surface area (Å²) < 4.78 is 26.5. The topological polar surface area (TPSA) is 12.0 Å². The van der Waals surface area contributed by atoms with Crippen molar-refractivity contribution in [2.24, 2.45) is 0 Å². The van der Waals surface area contributed by atoms with Crippen molar-refractivity contribution in [2.45, 2.75) is 13.5 Å². The van der Waals surface area contributed by atoms with Crippen molar-refractivity contribution in [3.8, 4) is 0 Å². The molecule has 0 heterocycles. The molecule has 0 saturated carbocycles. The van der Waals surface area contributed by atoms with E-state index in [0.717, 1.165) is 11.8 Å². The first-order valence-corrected chi connectivity index (χ1v) is 5.40. The minimum absolute atomic E-state index is 0.344. The molecule has 0 aliphatic carbocycles. The number of halogens is 2. The summed E-state index contributed by atoms with van der Waals surface area (Å²) in [5.41, 5.74) is 1.83. The number of anilines is 1. The van der Waals surface area contributed by atoms with Gasteiger partial charge in [0, 0.05) is 23.9 Å². The first-order valence-electron chi connectivity index (χ1n) is 5.40. The molecule has 3 heteroatoms. The second-order valence-corrected chi connectivity index (χ2v) is 3.91. The second-order valence-electron chi connectivity index (χ2n) is 3.91. The zero-order chi connectivity index (χ0) is 12.3. The molecule has 0 spiro atoms. The summed E-state index contributed by atoms with van der Waals surface area (Å²) in [6, 6.07) is 12.0. The molecular weight excluding hydrogens is 220 g/mol. The molecule has 0 aliphatic heterocycles. The number of hydrogen-bond acceptors (Lipinski definition) is 1. The Morgan fingerprint density at radius 3 is 2.41 bits per heavy atom. The van der Waals surface area contributed by atoms with Crippen LogP contribution in [0.15, 0.2) is 42.5 Å². The maximum absolute atomic E-state index is 13.5. The third-order valence-electron chi connectivity index (χ3n) is 2.58. The lowest BCUT2D eigenvalue weighted by Crippen LogP contribution is -2.03. The van der Waals surface area contributed by atoms with E-state index < -0.39 is 11.6 Å². The summed E-state index contributed by atoms with van der Waals surface area (Å²) in [4.78, 5) is 0. The maximum atomic E-state index is 13.5. The van der Waals surface area contributed by atoms with Gasteiger partial charge in [0.05, 0.1) is 0 Å². The van der Waals surface area contributed by atoms with Gasteiger partial charge in [-0.3, -0.25) is 0 Å². The molecule has 1 nitrogen and oxygen atoms in total. The van der Waals surface area contributed by atoms with Crippen LogP contribution in [0.5, 0.6) is 0 Å². The predicted molar refractivity (Wildman–Crippen MR) is 64.9 cm³/mol. The molecule has 1 N–H and O–H groups in total. The van der Waals surface area contributed by atoms with Crippen molar-refractivity contribution >= 4 is 5.69 Å². The molecule has 17 heavy (non-hydrogen) atoms. The smallest absolute Gasteiger partial charge is 0.131 e. The van der Waals surface area contributed by atoms with E-state index in [-0.39, 0.29) is 0 Å². The minimum atomic E-state index is -0.517. The van der Waals surface area contributed by atoms with Gasteiger partial charge in [0.25, 0.3) is 0 Å². The number of benzene rings is 2. The Morgan fingerprint density at radius 1 is 1.00 bits per heavy atom. The summed E-state index contributed by atoms with van der Waals surface area (Å²) >= 11 is 0. The third-order valence-corrected chi connectivity index (χ3v) is 2.58. The molecule has 0 aromatic heterocycles. The molecule has 0 atom stereocenters. The van der Waals surface area contributed by atoms with E-state index in [1.54, 1.807) is 6.92 Å². The first-order chi connectivity index (χ1) is 8.16. The Kier molecular flexibility index (Phi) is 3.38. The average molecular weight is 233 g/mol. The van der Waals surface area contributed by atoms with Crippen molar-refractivity contribution < 1.29 is 8.78 Å². The molecule has 0 unspecified atom stereocenters. The lowest BCUT2D eigenvalue weighted by Gasteiger charge is -2.08. The van der Waals surface area contributed by atoms with Crippen LogP contribution >= 0.6 is 0 Å². The van der Waals surface area contributed by atoms with Gasteiger partial charge < -0.3 is 5.32 Å². The van der Waals surface area contributed by atoms with Crippen LogP contribution in [0.25, 0.3) is 0 Å². The van der Waals surface area contributed by atoms with Gasteiger partial charge in [0.15, 0.2) is 0 Å². The second kappa shape index (κ2) is 4.95. The van der Waals surface area contributed by atoms with E-state index in [4.69, 9.17) is 0 Å². The van der Waals surface area contributed by atoms with Crippen LogP contribution < -0.4 is 5.32 Å². The summed E-state index contributed by atoms with van der Waals surface area (Å²) in [5.74, 6) is -1.03. The summed E-state index contributed by atoms with van der Waals surface area (Å²) in [6.07, 6.45) is 0. The molecule has 0 saturated heterocycles. The van der Waals surface area contributed by atoms with Gasteiger partial charge in [-0.2, -0.15) is 0 Å². The normalized spacial score (nSPS) is 10.3. The van der Waals surface area contributed by atoms with Crippen molar-refractivity contribution in [1.29, 1.82) is 0 Å². The molecule has 2 rings (SSSR count). The van der Waals surface area contributed by atoms with Crippen LogP contribution in [0.2, 0.25) is 0 Å². The Bertz CT molecular complexity index is 509. The highest BCUT2D eigenvalue weighted by Crippen LogP contribution is 2.16. The van der Waals surface area contributed by atoms with Gasteiger partial charge >= 0.3 is 0 Å². The van der Waals surface area contributed by atoms with Crippen LogP contribution in [0.1, 0.15) is 11.1 Å². The number of nitrogens with one attached hydrogen (secondary N) is 1. The highest BCUT2D eigenvalue weighted by atomic mass is 19.1. The molecule has 2 aromatic carbocycles. The van der Waals surface area contributed by atoms with Crippen LogP contribution in [0.3, 0.4) is 0 Å². The van der Waals surface area contributed by atoms with Crippen LogP contribution in [0, 0.1) is 18.6 Å². The molecule has 0 radical (unpaired) electrons. The standard InChI is InChI=1S/C14H13F2N/c1-10-7-11(14(16)8-13(10)15)9-17-12-5-3-2-4-6-12/h2-8,17H,9H2,1H3. The van der Waals surface area contributed by atoms with Gasteiger partial charge in [-0.15, -0.1) is 0 Å². The monoisotopic (exact) mass is 233 g/mol. The highest BCUT2D eigenvalue weighted by Gasteiger charge is 2.06. The van der Waals surface area contributed by atoms with Crippen molar-refractivity contribution in [3.05, 3.63) is 65.2 Å². The largest absolute Gasteiger partial charge is 0.381 e. The average Bonchev–Trinajstić information content (AvgIpc) is 2.33. The lowest BCUT2D eigenvalue weighted by atomic mass is 10.1. The minimum Gasteiger partial charge on any atom is -0.381 e. The predicted octanol–water partition coefficient (Wildman–Crippen LogP) is 3.89. The summed E-state index contributed by atoms with van der Waals surface area (Å²) in [6.45, 7) is 1.97. The zero-order valence-electron chi connectivity index (χ0n) is 9.50.